The Morgan fingerprint density at radius 2 is 1.15 bits per heavy atom. The summed E-state index contributed by atoms with van der Waals surface area (Å²) in [6.45, 7) is 17.0. The van der Waals surface area contributed by atoms with E-state index in [9.17, 15) is 0 Å². The van der Waals surface area contributed by atoms with Crippen LogP contribution in [0.2, 0.25) is 10.0 Å². The summed E-state index contributed by atoms with van der Waals surface area (Å²) in [5, 5.41) is 1.29. The van der Waals surface area contributed by atoms with Crippen molar-refractivity contribution in [2.45, 2.75) is 66.2 Å². The third kappa shape index (κ3) is 5.59. The highest BCUT2D eigenvalue weighted by Crippen LogP contribution is 2.39. The lowest BCUT2D eigenvalue weighted by Gasteiger charge is -2.22. The summed E-state index contributed by atoms with van der Waals surface area (Å²) in [6.07, 6.45) is 1.91. The van der Waals surface area contributed by atoms with Crippen LogP contribution in [0, 0.1) is 0 Å². The molecular formula is C28H33Cl2N3. The van der Waals surface area contributed by atoms with Crippen LogP contribution in [-0.4, -0.2) is 16.4 Å². The number of nitrogens with one attached hydrogen (secondary N) is 1. The Bertz CT molecular complexity index is 1120. The number of para-hydroxylation sites is 2. The van der Waals surface area contributed by atoms with E-state index in [2.05, 4.69) is 58.7 Å². The lowest BCUT2D eigenvalue weighted by Crippen LogP contribution is -2.12. The van der Waals surface area contributed by atoms with Crippen LogP contribution in [0.25, 0.3) is 0 Å². The van der Waals surface area contributed by atoms with Gasteiger partial charge >= 0.3 is 0 Å². The Balaban J connectivity index is 2.10. The maximum absolute atomic E-state index is 6.57. The van der Waals surface area contributed by atoms with Gasteiger partial charge in [-0.1, -0.05) is 89.0 Å². The van der Waals surface area contributed by atoms with Gasteiger partial charge in [-0.15, -0.1) is 0 Å². The second-order valence-electron chi connectivity index (χ2n) is 10.4. The third-order valence-corrected chi connectivity index (χ3v) is 6.26. The van der Waals surface area contributed by atoms with E-state index >= 15 is 0 Å². The van der Waals surface area contributed by atoms with Gasteiger partial charge in [0.1, 0.15) is 0 Å². The molecule has 0 saturated carbocycles. The van der Waals surface area contributed by atoms with Crippen molar-refractivity contribution < 1.29 is 0 Å². The van der Waals surface area contributed by atoms with Crippen LogP contribution in [0.3, 0.4) is 0 Å². The van der Waals surface area contributed by atoms with Gasteiger partial charge in [0.2, 0.25) is 0 Å². The van der Waals surface area contributed by atoms with Gasteiger partial charge in [0.15, 0.2) is 0 Å². The van der Waals surface area contributed by atoms with Crippen LogP contribution in [0.15, 0.2) is 58.6 Å². The van der Waals surface area contributed by atoms with E-state index in [1.54, 1.807) is 0 Å². The van der Waals surface area contributed by atoms with Gasteiger partial charge in [-0.2, -0.15) is 0 Å². The topological polar surface area (TPSA) is 40.5 Å². The second-order valence-corrected chi connectivity index (χ2v) is 11.2. The van der Waals surface area contributed by atoms with Crippen LogP contribution in [-0.2, 0) is 10.8 Å². The predicted molar refractivity (Wildman–Crippen MR) is 145 cm³/mol. The molecule has 2 aromatic carbocycles. The quantitative estimate of drug-likeness (QED) is 0.360. The SMILES string of the molecule is CC(=Nc1c(Cl)cccc1C(C)(C)C)c1cc[nH]c1C(C)=Nc1c(Cl)cccc1C(C)(C)C. The van der Waals surface area contributed by atoms with Crippen molar-refractivity contribution >= 4 is 46.0 Å². The lowest BCUT2D eigenvalue weighted by molar-refractivity contribution is 0.591. The number of aliphatic imine (C=N–C) groups is 2. The Labute approximate surface area is 208 Å². The lowest BCUT2D eigenvalue weighted by atomic mass is 9.86. The maximum Gasteiger partial charge on any atom is 0.0857 e. The minimum Gasteiger partial charge on any atom is -0.360 e. The molecule has 1 N–H and O–H groups in total. The summed E-state index contributed by atoms with van der Waals surface area (Å²) >= 11 is 13.1. The van der Waals surface area contributed by atoms with Gasteiger partial charge in [0, 0.05) is 17.5 Å². The molecule has 0 aliphatic carbocycles. The van der Waals surface area contributed by atoms with Crippen molar-refractivity contribution in [1.82, 2.24) is 4.98 Å². The molecular weight excluding hydrogens is 449 g/mol. The van der Waals surface area contributed by atoms with E-state index in [4.69, 9.17) is 33.2 Å². The van der Waals surface area contributed by atoms with E-state index in [0.717, 1.165) is 45.2 Å². The number of aromatic nitrogens is 1. The molecule has 0 unspecified atom stereocenters. The maximum atomic E-state index is 6.57. The smallest absolute Gasteiger partial charge is 0.0857 e. The zero-order valence-electron chi connectivity index (χ0n) is 20.8. The summed E-state index contributed by atoms with van der Waals surface area (Å²) in [6, 6.07) is 13.9. The average Bonchev–Trinajstić information content (AvgIpc) is 3.19. The van der Waals surface area contributed by atoms with Gasteiger partial charge in [-0.25, -0.2) is 4.99 Å². The van der Waals surface area contributed by atoms with E-state index in [-0.39, 0.29) is 10.8 Å². The van der Waals surface area contributed by atoms with Crippen LogP contribution in [0.4, 0.5) is 11.4 Å². The Morgan fingerprint density at radius 3 is 1.61 bits per heavy atom. The summed E-state index contributed by atoms with van der Waals surface area (Å²) < 4.78 is 0. The average molecular weight is 482 g/mol. The largest absolute Gasteiger partial charge is 0.360 e. The first-order valence-corrected chi connectivity index (χ1v) is 11.9. The molecule has 1 heterocycles. The molecule has 33 heavy (non-hydrogen) atoms. The third-order valence-electron chi connectivity index (χ3n) is 5.65. The molecule has 0 aliphatic heterocycles. The molecule has 0 amide bonds. The number of H-pyrrole nitrogens is 1. The number of hydrogen-bond donors (Lipinski definition) is 1. The first-order chi connectivity index (χ1) is 15.3. The van der Waals surface area contributed by atoms with Crippen molar-refractivity contribution in [3.63, 3.8) is 0 Å². The Kier molecular flexibility index (Phi) is 7.26. The fourth-order valence-electron chi connectivity index (χ4n) is 3.89. The molecule has 3 nitrogen and oxygen atoms in total. The number of aromatic amines is 1. The highest BCUT2D eigenvalue weighted by atomic mass is 35.5. The predicted octanol–water partition coefficient (Wildman–Crippen LogP) is 9.20. The molecule has 0 atom stereocenters. The fourth-order valence-corrected chi connectivity index (χ4v) is 4.32. The van der Waals surface area contributed by atoms with Crippen LogP contribution < -0.4 is 0 Å². The van der Waals surface area contributed by atoms with Gasteiger partial charge in [0.05, 0.1) is 32.8 Å². The van der Waals surface area contributed by atoms with Crippen LogP contribution in [0.1, 0.15) is 77.8 Å². The van der Waals surface area contributed by atoms with E-state index in [1.807, 2.05) is 50.4 Å². The highest BCUT2D eigenvalue weighted by Gasteiger charge is 2.22. The number of hydrogen-bond acceptors (Lipinski definition) is 2. The van der Waals surface area contributed by atoms with Gasteiger partial charge in [-0.3, -0.25) is 4.99 Å². The molecule has 0 spiro atoms. The van der Waals surface area contributed by atoms with Gasteiger partial charge < -0.3 is 4.98 Å². The van der Waals surface area contributed by atoms with Crippen molar-refractivity contribution in [2.24, 2.45) is 9.98 Å². The molecule has 0 aliphatic rings. The number of benzene rings is 2. The first-order valence-electron chi connectivity index (χ1n) is 11.2. The fraction of sp³-hybridized carbons (Fsp3) is 0.357. The molecule has 0 saturated heterocycles. The minimum absolute atomic E-state index is 0.0736. The van der Waals surface area contributed by atoms with Gasteiger partial charge in [0.25, 0.3) is 0 Å². The number of rotatable bonds is 4. The van der Waals surface area contributed by atoms with Crippen molar-refractivity contribution in [3.05, 3.63) is 81.1 Å². The molecule has 3 rings (SSSR count). The standard InChI is InChI=1S/C28H33Cl2N3/c1-17(32-25-20(27(3,4)5)11-9-13-22(25)29)19-15-16-31-24(19)18(2)33-26-21(28(6,7)8)12-10-14-23(26)30/h9-16,31H,1-8H3. The van der Waals surface area contributed by atoms with E-state index < -0.39 is 0 Å². The van der Waals surface area contributed by atoms with Crippen molar-refractivity contribution in [2.75, 3.05) is 0 Å². The molecule has 1 aromatic heterocycles. The normalized spacial score (nSPS) is 13.5. The van der Waals surface area contributed by atoms with Crippen LogP contribution >= 0.6 is 23.2 Å². The van der Waals surface area contributed by atoms with E-state index in [0.29, 0.717) is 10.0 Å². The molecule has 174 valence electrons. The summed E-state index contributed by atoms with van der Waals surface area (Å²) in [4.78, 5) is 13.3. The molecule has 0 fully saturated rings. The van der Waals surface area contributed by atoms with E-state index in [1.165, 1.54) is 0 Å². The zero-order valence-corrected chi connectivity index (χ0v) is 22.3. The summed E-state index contributed by atoms with van der Waals surface area (Å²) in [7, 11) is 0. The highest BCUT2D eigenvalue weighted by molar-refractivity contribution is 6.34. The number of halogens is 2. The molecule has 5 heteroatoms. The first kappa shape index (κ1) is 25.3. The zero-order chi connectivity index (χ0) is 24.6. The molecule has 0 radical (unpaired) electrons. The Morgan fingerprint density at radius 1 is 0.697 bits per heavy atom. The van der Waals surface area contributed by atoms with Crippen molar-refractivity contribution in [3.8, 4) is 0 Å². The molecule has 3 aromatic rings. The van der Waals surface area contributed by atoms with Crippen LogP contribution in [0.5, 0.6) is 0 Å². The monoisotopic (exact) mass is 481 g/mol. The van der Waals surface area contributed by atoms with Crippen molar-refractivity contribution in [1.29, 1.82) is 0 Å². The summed E-state index contributed by atoms with van der Waals surface area (Å²) in [5.41, 5.74) is 7.31. The number of nitrogens with zero attached hydrogens (tertiary/aromatic N) is 2. The second kappa shape index (κ2) is 9.48. The van der Waals surface area contributed by atoms with Gasteiger partial charge in [-0.05, 0) is 54.0 Å². The minimum atomic E-state index is -0.0760. The Hall–Kier alpha value is -2.36. The summed E-state index contributed by atoms with van der Waals surface area (Å²) in [5.74, 6) is 0. The molecule has 0 bridgehead atoms.